The summed E-state index contributed by atoms with van der Waals surface area (Å²) in [4.78, 5) is 44.4. The van der Waals surface area contributed by atoms with E-state index in [1.54, 1.807) is 6.92 Å². The first-order valence-corrected chi connectivity index (χ1v) is 8.06. The second-order valence-electron chi connectivity index (χ2n) is 5.73. The van der Waals surface area contributed by atoms with Gasteiger partial charge in [0.25, 0.3) is 5.56 Å². The zero-order chi connectivity index (χ0) is 18.0. The Balaban J connectivity index is 1.76. The van der Waals surface area contributed by atoms with Crippen LogP contribution in [0.4, 0.5) is 5.95 Å². The summed E-state index contributed by atoms with van der Waals surface area (Å²) in [6.07, 6.45) is 0.346. The van der Waals surface area contributed by atoms with Gasteiger partial charge in [-0.25, -0.2) is 9.78 Å². The molecule has 1 amide bonds. The van der Waals surface area contributed by atoms with Gasteiger partial charge >= 0.3 is 5.69 Å². The van der Waals surface area contributed by atoms with Crippen LogP contribution < -0.4 is 16.6 Å². The van der Waals surface area contributed by atoms with Gasteiger partial charge in [0, 0.05) is 24.2 Å². The maximum absolute atomic E-state index is 12.3. The number of aromatic nitrogens is 4. The monoisotopic (exact) mass is 341 g/mol. The van der Waals surface area contributed by atoms with Crippen LogP contribution in [-0.2, 0) is 17.8 Å². The zero-order valence-corrected chi connectivity index (χ0v) is 14.0. The summed E-state index contributed by atoms with van der Waals surface area (Å²) in [7, 11) is 0. The van der Waals surface area contributed by atoms with Gasteiger partial charge < -0.3 is 9.55 Å². The highest BCUT2D eigenvalue weighted by molar-refractivity contribution is 5.91. The predicted octanol–water partition coefficient (Wildman–Crippen LogP) is 1.31. The Morgan fingerprint density at radius 2 is 2.00 bits per heavy atom. The molecule has 0 saturated heterocycles. The summed E-state index contributed by atoms with van der Waals surface area (Å²) in [6, 6.07) is 7.66. The van der Waals surface area contributed by atoms with Crippen LogP contribution in [0.25, 0.3) is 11.0 Å². The van der Waals surface area contributed by atoms with E-state index in [0.717, 1.165) is 11.0 Å². The summed E-state index contributed by atoms with van der Waals surface area (Å²) in [5.74, 6) is 0.246. The van der Waals surface area contributed by atoms with Crippen molar-refractivity contribution in [1.82, 2.24) is 19.5 Å². The van der Waals surface area contributed by atoms with Crippen molar-refractivity contribution in [2.24, 2.45) is 0 Å². The molecule has 0 radical (unpaired) electrons. The molecule has 0 aliphatic rings. The van der Waals surface area contributed by atoms with Crippen molar-refractivity contribution in [3.8, 4) is 0 Å². The molecule has 0 aliphatic heterocycles. The number of para-hydroxylation sites is 2. The van der Waals surface area contributed by atoms with Crippen molar-refractivity contribution in [3.63, 3.8) is 0 Å². The molecule has 8 nitrogen and oxygen atoms in total. The molecule has 2 aromatic heterocycles. The number of carbonyl (C=O) groups is 1. The van der Waals surface area contributed by atoms with Crippen LogP contribution in [0.3, 0.4) is 0 Å². The Hall–Kier alpha value is -3.16. The Morgan fingerprint density at radius 1 is 1.24 bits per heavy atom. The average Bonchev–Trinajstić information content (AvgIpc) is 2.90. The number of benzene rings is 1. The Kier molecular flexibility index (Phi) is 4.51. The molecule has 130 valence electrons. The van der Waals surface area contributed by atoms with Crippen molar-refractivity contribution >= 4 is 22.9 Å². The number of aryl methyl sites for hydroxylation is 2. The number of H-pyrrole nitrogens is 2. The van der Waals surface area contributed by atoms with E-state index >= 15 is 0 Å². The highest BCUT2D eigenvalue weighted by Gasteiger charge is 2.13. The van der Waals surface area contributed by atoms with Crippen molar-refractivity contribution in [3.05, 3.63) is 56.4 Å². The van der Waals surface area contributed by atoms with Gasteiger partial charge in [-0.2, -0.15) is 0 Å². The molecule has 25 heavy (non-hydrogen) atoms. The Morgan fingerprint density at radius 3 is 2.72 bits per heavy atom. The number of rotatable bonds is 5. The lowest BCUT2D eigenvalue weighted by molar-refractivity contribution is -0.116. The van der Waals surface area contributed by atoms with E-state index < -0.39 is 11.2 Å². The third-order valence-electron chi connectivity index (χ3n) is 4.08. The molecule has 0 saturated carbocycles. The second kappa shape index (κ2) is 6.76. The third-order valence-corrected chi connectivity index (χ3v) is 4.08. The minimum atomic E-state index is -0.549. The molecule has 0 spiro atoms. The summed E-state index contributed by atoms with van der Waals surface area (Å²) in [5, 5.41) is 2.80. The van der Waals surface area contributed by atoms with Crippen LogP contribution in [0.15, 0.2) is 33.9 Å². The van der Waals surface area contributed by atoms with Gasteiger partial charge in [-0.1, -0.05) is 12.1 Å². The SMILES string of the molecule is CCn1c(NC(=O)CCc2c(C)[nH]c(=O)[nH]c2=O)nc2ccccc21. The third kappa shape index (κ3) is 3.37. The van der Waals surface area contributed by atoms with Gasteiger partial charge in [0.2, 0.25) is 11.9 Å². The first kappa shape index (κ1) is 16.7. The summed E-state index contributed by atoms with van der Waals surface area (Å²) >= 11 is 0. The average molecular weight is 341 g/mol. The van der Waals surface area contributed by atoms with Gasteiger partial charge in [0.1, 0.15) is 0 Å². The summed E-state index contributed by atoms with van der Waals surface area (Å²) in [5.41, 5.74) is 1.63. The fraction of sp³-hybridized carbons (Fsp3) is 0.294. The normalized spacial score (nSPS) is 11.0. The highest BCUT2D eigenvalue weighted by Crippen LogP contribution is 2.19. The maximum atomic E-state index is 12.3. The first-order valence-electron chi connectivity index (χ1n) is 8.06. The molecule has 2 heterocycles. The fourth-order valence-electron chi connectivity index (χ4n) is 2.84. The minimum Gasteiger partial charge on any atom is -0.311 e. The maximum Gasteiger partial charge on any atom is 0.325 e. The van der Waals surface area contributed by atoms with E-state index in [1.807, 2.05) is 35.8 Å². The van der Waals surface area contributed by atoms with Crippen LogP contribution in [0.5, 0.6) is 0 Å². The summed E-state index contributed by atoms with van der Waals surface area (Å²) in [6.45, 7) is 4.29. The van der Waals surface area contributed by atoms with Crippen LogP contribution in [-0.4, -0.2) is 25.4 Å². The Labute approximate surface area is 142 Å². The second-order valence-corrected chi connectivity index (χ2v) is 5.73. The zero-order valence-electron chi connectivity index (χ0n) is 14.0. The molecule has 3 N–H and O–H groups in total. The highest BCUT2D eigenvalue weighted by atomic mass is 16.2. The molecule has 3 aromatic rings. The predicted molar refractivity (Wildman–Crippen MR) is 94.8 cm³/mol. The van der Waals surface area contributed by atoms with Crippen molar-refractivity contribution < 1.29 is 4.79 Å². The quantitative estimate of drug-likeness (QED) is 0.649. The van der Waals surface area contributed by atoms with E-state index in [-0.39, 0.29) is 18.7 Å². The number of anilines is 1. The van der Waals surface area contributed by atoms with Crippen molar-refractivity contribution in [2.75, 3.05) is 5.32 Å². The fourth-order valence-corrected chi connectivity index (χ4v) is 2.84. The lowest BCUT2D eigenvalue weighted by Crippen LogP contribution is -2.28. The Bertz CT molecular complexity index is 1040. The van der Waals surface area contributed by atoms with Gasteiger partial charge in [-0.05, 0) is 32.4 Å². The van der Waals surface area contributed by atoms with Gasteiger partial charge in [-0.15, -0.1) is 0 Å². The number of imidazole rings is 1. The van der Waals surface area contributed by atoms with Crippen LogP contribution in [0.1, 0.15) is 24.6 Å². The van der Waals surface area contributed by atoms with E-state index in [1.165, 1.54) is 0 Å². The topological polar surface area (TPSA) is 113 Å². The molecule has 0 atom stereocenters. The molecule has 3 rings (SSSR count). The number of hydrogen-bond acceptors (Lipinski definition) is 4. The standard InChI is InChI=1S/C17H19N5O3/c1-3-22-13-7-5-4-6-12(13)19-16(22)20-14(23)9-8-11-10(2)18-17(25)21-15(11)24/h4-7H,3,8-9H2,1-2H3,(H,19,20,23)(H2,18,21,24,25). The molecule has 1 aromatic carbocycles. The van der Waals surface area contributed by atoms with E-state index in [2.05, 4.69) is 20.3 Å². The van der Waals surface area contributed by atoms with Crippen molar-refractivity contribution in [1.29, 1.82) is 0 Å². The summed E-state index contributed by atoms with van der Waals surface area (Å²) < 4.78 is 1.92. The molecule has 0 unspecified atom stereocenters. The number of amides is 1. The lowest BCUT2D eigenvalue weighted by atomic mass is 10.1. The lowest BCUT2D eigenvalue weighted by Gasteiger charge is -2.08. The van der Waals surface area contributed by atoms with Gasteiger partial charge in [0.05, 0.1) is 11.0 Å². The molecular weight excluding hydrogens is 322 g/mol. The van der Waals surface area contributed by atoms with Crippen LogP contribution >= 0.6 is 0 Å². The molecule has 0 aliphatic carbocycles. The number of hydrogen-bond donors (Lipinski definition) is 3. The molecule has 0 fully saturated rings. The van der Waals surface area contributed by atoms with E-state index in [4.69, 9.17) is 0 Å². The van der Waals surface area contributed by atoms with E-state index in [9.17, 15) is 14.4 Å². The smallest absolute Gasteiger partial charge is 0.311 e. The first-order chi connectivity index (χ1) is 12.0. The van der Waals surface area contributed by atoms with Crippen LogP contribution in [0, 0.1) is 6.92 Å². The number of fused-ring (bicyclic) bond motifs is 1. The minimum absolute atomic E-state index is 0.114. The number of carbonyl (C=O) groups excluding carboxylic acids is 1. The van der Waals surface area contributed by atoms with Crippen molar-refractivity contribution in [2.45, 2.75) is 33.2 Å². The largest absolute Gasteiger partial charge is 0.325 e. The number of nitrogens with zero attached hydrogens (tertiary/aromatic N) is 2. The van der Waals surface area contributed by atoms with Gasteiger partial charge in [-0.3, -0.25) is 19.9 Å². The number of nitrogens with one attached hydrogen (secondary N) is 3. The van der Waals surface area contributed by atoms with Crippen LogP contribution in [0.2, 0.25) is 0 Å². The van der Waals surface area contributed by atoms with Gasteiger partial charge in [0.15, 0.2) is 0 Å². The van der Waals surface area contributed by atoms with E-state index in [0.29, 0.717) is 23.8 Å². The molecule has 8 heteroatoms. The number of aromatic amines is 2. The molecule has 0 bridgehead atoms. The molecular formula is C17H19N5O3.